The van der Waals surface area contributed by atoms with Crippen molar-refractivity contribution in [1.29, 1.82) is 0 Å². The van der Waals surface area contributed by atoms with Crippen LogP contribution in [-0.4, -0.2) is 57.4 Å². The number of hydrogen-bond donors (Lipinski definition) is 1. The van der Waals surface area contributed by atoms with Crippen LogP contribution in [0, 0.1) is 5.92 Å². The minimum atomic E-state index is -0.811. The molecule has 3 fully saturated rings. The van der Waals surface area contributed by atoms with E-state index in [-0.39, 0.29) is 30.3 Å². The van der Waals surface area contributed by atoms with Gasteiger partial charge in [0, 0.05) is 18.6 Å². The quantitative estimate of drug-likeness (QED) is 0.781. The van der Waals surface area contributed by atoms with Crippen molar-refractivity contribution in [3.8, 4) is 0 Å². The van der Waals surface area contributed by atoms with Gasteiger partial charge in [-0.05, 0) is 26.2 Å². The summed E-state index contributed by atoms with van der Waals surface area (Å²) in [7, 11) is 0. The summed E-state index contributed by atoms with van der Waals surface area (Å²) in [4.78, 5) is 39.4. The van der Waals surface area contributed by atoms with E-state index in [0.29, 0.717) is 13.0 Å². The van der Waals surface area contributed by atoms with Gasteiger partial charge < -0.3 is 5.11 Å². The zero-order valence-electron chi connectivity index (χ0n) is 12.3. The number of carbonyl (C=O) groups is 3. The summed E-state index contributed by atoms with van der Waals surface area (Å²) in [5.74, 6) is -1.43. The van der Waals surface area contributed by atoms with Gasteiger partial charge in [-0.15, -0.1) is 0 Å². The summed E-state index contributed by atoms with van der Waals surface area (Å²) in [5.41, 5.74) is 0. The Bertz CT molecular complexity index is 472. The van der Waals surface area contributed by atoms with Crippen LogP contribution in [0.1, 0.15) is 45.4 Å². The average Bonchev–Trinajstić information content (AvgIpc) is 3.10. The first-order chi connectivity index (χ1) is 10.0. The summed E-state index contributed by atoms with van der Waals surface area (Å²) >= 11 is 0. The molecule has 2 amide bonds. The lowest BCUT2D eigenvalue weighted by molar-refractivity contribution is -0.145. The van der Waals surface area contributed by atoms with Crippen LogP contribution in [0.5, 0.6) is 0 Å². The first-order valence-electron chi connectivity index (χ1n) is 7.85. The number of carbonyl (C=O) groups excluding carboxylic acids is 2. The molecule has 0 radical (unpaired) electrons. The highest BCUT2D eigenvalue weighted by atomic mass is 16.4. The lowest BCUT2D eigenvalue weighted by Crippen LogP contribution is -2.47. The highest BCUT2D eigenvalue weighted by Gasteiger charge is 2.49. The highest BCUT2D eigenvalue weighted by Crippen LogP contribution is 2.34. The minimum Gasteiger partial charge on any atom is -0.481 e. The van der Waals surface area contributed by atoms with Gasteiger partial charge in [-0.3, -0.25) is 24.2 Å². The molecule has 3 aliphatic rings. The Kier molecular flexibility index (Phi) is 3.73. The molecule has 1 N–H and O–H groups in total. The van der Waals surface area contributed by atoms with Crippen molar-refractivity contribution in [3.63, 3.8) is 0 Å². The van der Waals surface area contributed by atoms with E-state index < -0.39 is 17.9 Å². The molecule has 1 saturated carbocycles. The molecular formula is C15H22N2O4. The number of carboxylic acid groups (broad SMARTS) is 1. The lowest BCUT2D eigenvalue weighted by Gasteiger charge is -2.29. The molecule has 0 aromatic rings. The standard InChI is InChI=1S/C15H22N2O4/c1-9-11(15(20)21)6-7-16(9)12-8-13(18)17(14(12)19)10-4-2-3-5-10/h9-12H,2-8H2,1H3,(H,20,21). The second-order valence-corrected chi connectivity index (χ2v) is 6.47. The van der Waals surface area contributed by atoms with Crippen LogP contribution in [0.25, 0.3) is 0 Å². The number of rotatable bonds is 3. The predicted molar refractivity (Wildman–Crippen MR) is 74.4 cm³/mol. The van der Waals surface area contributed by atoms with Crippen LogP contribution in [0.4, 0.5) is 0 Å². The van der Waals surface area contributed by atoms with E-state index in [1.807, 2.05) is 11.8 Å². The normalized spacial score (nSPS) is 35.1. The Morgan fingerprint density at radius 3 is 2.43 bits per heavy atom. The van der Waals surface area contributed by atoms with E-state index in [1.54, 1.807) is 0 Å². The van der Waals surface area contributed by atoms with Gasteiger partial charge in [0.15, 0.2) is 0 Å². The predicted octanol–water partition coefficient (Wildman–Crippen LogP) is 0.851. The van der Waals surface area contributed by atoms with Crippen LogP contribution in [0.3, 0.4) is 0 Å². The fourth-order valence-corrected chi connectivity index (χ4v) is 4.17. The summed E-state index contributed by atoms with van der Waals surface area (Å²) in [6.07, 6.45) is 4.75. The second-order valence-electron chi connectivity index (χ2n) is 6.47. The van der Waals surface area contributed by atoms with Crippen LogP contribution in [0.15, 0.2) is 0 Å². The molecular weight excluding hydrogens is 272 g/mol. The molecule has 2 aliphatic heterocycles. The van der Waals surface area contributed by atoms with Gasteiger partial charge in [0.1, 0.15) is 0 Å². The third kappa shape index (κ3) is 2.35. The number of aliphatic carboxylic acids is 1. The largest absolute Gasteiger partial charge is 0.481 e. The van der Waals surface area contributed by atoms with Gasteiger partial charge >= 0.3 is 5.97 Å². The van der Waals surface area contributed by atoms with Crippen LogP contribution >= 0.6 is 0 Å². The molecule has 21 heavy (non-hydrogen) atoms. The van der Waals surface area contributed by atoms with Crippen molar-refractivity contribution in [1.82, 2.24) is 9.80 Å². The molecule has 0 aromatic carbocycles. The Labute approximate surface area is 124 Å². The maximum Gasteiger partial charge on any atom is 0.308 e. The fraction of sp³-hybridized carbons (Fsp3) is 0.800. The topological polar surface area (TPSA) is 77.9 Å². The van der Waals surface area contributed by atoms with Crippen LogP contribution in [-0.2, 0) is 14.4 Å². The zero-order valence-corrected chi connectivity index (χ0v) is 12.3. The average molecular weight is 294 g/mol. The molecule has 3 unspecified atom stereocenters. The van der Waals surface area contributed by atoms with Gasteiger partial charge in [-0.2, -0.15) is 0 Å². The first-order valence-corrected chi connectivity index (χ1v) is 7.85. The molecule has 6 heteroatoms. The molecule has 1 aliphatic carbocycles. The third-order valence-corrected chi connectivity index (χ3v) is 5.37. The number of amides is 2. The maximum absolute atomic E-state index is 12.6. The van der Waals surface area contributed by atoms with Crippen molar-refractivity contribution in [3.05, 3.63) is 0 Å². The molecule has 2 heterocycles. The number of hydrogen-bond acceptors (Lipinski definition) is 4. The number of carboxylic acids is 1. The van der Waals surface area contributed by atoms with Gasteiger partial charge in [-0.1, -0.05) is 12.8 Å². The van der Waals surface area contributed by atoms with Gasteiger partial charge in [0.2, 0.25) is 11.8 Å². The van der Waals surface area contributed by atoms with Crippen molar-refractivity contribution in [2.24, 2.45) is 5.92 Å². The number of likely N-dealkylation sites (tertiary alicyclic amines) is 2. The third-order valence-electron chi connectivity index (χ3n) is 5.37. The Morgan fingerprint density at radius 1 is 1.19 bits per heavy atom. The second kappa shape index (κ2) is 5.40. The summed E-state index contributed by atoms with van der Waals surface area (Å²) in [6, 6.07) is -0.562. The molecule has 2 saturated heterocycles. The molecule has 3 rings (SSSR count). The van der Waals surface area contributed by atoms with Crippen molar-refractivity contribution in [2.45, 2.75) is 63.6 Å². The van der Waals surface area contributed by atoms with E-state index in [9.17, 15) is 19.5 Å². The zero-order chi connectivity index (χ0) is 15.1. The summed E-state index contributed by atoms with van der Waals surface area (Å²) in [5, 5.41) is 9.20. The van der Waals surface area contributed by atoms with E-state index >= 15 is 0 Å². The maximum atomic E-state index is 12.6. The van der Waals surface area contributed by atoms with Crippen molar-refractivity contribution < 1.29 is 19.5 Å². The Hall–Kier alpha value is -1.43. The van der Waals surface area contributed by atoms with E-state index in [4.69, 9.17) is 0 Å². The fourth-order valence-electron chi connectivity index (χ4n) is 4.17. The van der Waals surface area contributed by atoms with Gasteiger partial charge in [0.05, 0.1) is 18.4 Å². The highest BCUT2D eigenvalue weighted by molar-refractivity contribution is 6.06. The Balaban J connectivity index is 1.74. The van der Waals surface area contributed by atoms with E-state index in [1.165, 1.54) is 4.90 Å². The van der Waals surface area contributed by atoms with Crippen LogP contribution in [0.2, 0.25) is 0 Å². The molecule has 3 atom stereocenters. The molecule has 116 valence electrons. The minimum absolute atomic E-state index is 0.0724. The van der Waals surface area contributed by atoms with Crippen molar-refractivity contribution >= 4 is 17.8 Å². The lowest BCUT2D eigenvalue weighted by atomic mass is 10.0. The SMILES string of the molecule is CC1C(C(=O)O)CCN1C1CC(=O)N(C2CCCC2)C1=O. The number of imide groups is 1. The van der Waals surface area contributed by atoms with Crippen LogP contribution < -0.4 is 0 Å². The molecule has 6 nitrogen and oxygen atoms in total. The first kappa shape index (κ1) is 14.5. The molecule has 0 spiro atoms. The van der Waals surface area contributed by atoms with Gasteiger partial charge in [-0.25, -0.2) is 0 Å². The Morgan fingerprint density at radius 2 is 1.86 bits per heavy atom. The monoisotopic (exact) mass is 294 g/mol. The van der Waals surface area contributed by atoms with Gasteiger partial charge in [0.25, 0.3) is 0 Å². The van der Waals surface area contributed by atoms with E-state index in [2.05, 4.69) is 0 Å². The summed E-state index contributed by atoms with van der Waals surface area (Å²) in [6.45, 7) is 2.43. The smallest absolute Gasteiger partial charge is 0.308 e. The van der Waals surface area contributed by atoms with Crippen molar-refractivity contribution in [2.75, 3.05) is 6.54 Å². The molecule has 0 aromatic heterocycles. The molecule has 0 bridgehead atoms. The number of nitrogens with zero attached hydrogens (tertiary/aromatic N) is 2. The van der Waals surface area contributed by atoms with E-state index in [0.717, 1.165) is 25.7 Å². The summed E-state index contributed by atoms with van der Waals surface area (Å²) < 4.78 is 0.